The predicted molar refractivity (Wildman–Crippen MR) is 110 cm³/mol. The Balaban J connectivity index is 1.51. The summed E-state index contributed by atoms with van der Waals surface area (Å²) in [7, 11) is 3.97. The summed E-state index contributed by atoms with van der Waals surface area (Å²) in [6.07, 6.45) is 3.12. The Labute approximate surface area is 171 Å². The van der Waals surface area contributed by atoms with E-state index in [2.05, 4.69) is 36.0 Å². The summed E-state index contributed by atoms with van der Waals surface area (Å²) < 4.78 is 13.3. The van der Waals surface area contributed by atoms with Crippen LogP contribution in [0, 0.1) is 17.3 Å². The number of rotatable bonds is 4. The zero-order valence-electron chi connectivity index (χ0n) is 17.5. The van der Waals surface area contributed by atoms with Crippen LogP contribution in [-0.2, 0) is 16.0 Å². The predicted octanol–water partition coefficient (Wildman–Crippen LogP) is 2.29. The SMILES string of the molecule is CN(C)c1cc(C#CC2(O)CC2)ccc1-c1cn(CC2OCC(C)(C)CO2)nn1. The van der Waals surface area contributed by atoms with E-state index in [0.717, 1.165) is 35.3 Å². The van der Waals surface area contributed by atoms with E-state index in [1.54, 1.807) is 4.68 Å². The molecule has 0 amide bonds. The molecular formula is C22H28N4O3. The molecule has 1 aromatic carbocycles. The Morgan fingerprint density at radius 3 is 2.62 bits per heavy atom. The first-order chi connectivity index (χ1) is 13.7. The maximum atomic E-state index is 9.94. The van der Waals surface area contributed by atoms with Crippen molar-refractivity contribution in [1.82, 2.24) is 15.0 Å². The van der Waals surface area contributed by atoms with E-state index in [0.29, 0.717) is 19.8 Å². The molecule has 0 bridgehead atoms. The minimum Gasteiger partial charge on any atom is -0.378 e. The number of hydrogen-bond acceptors (Lipinski definition) is 6. The molecular weight excluding hydrogens is 368 g/mol. The molecule has 29 heavy (non-hydrogen) atoms. The number of nitrogens with zero attached hydrogens (tertiary/aromatic N) is 4. The smallest absolute Gasteiger partial charge is 0.177 e. The van der Waals surface area contributed by atoms with Crippen LogP contribution in [0.25, 0.3) is 11.3 Å². The average Bonchev–Trinajstić information content (AvgIpc) is 3.24. The number of anilines is 1. The fraction of sp³-hybridized carbons (Fsp3) is 0.545. The topological polar surface area (TPSA) is 72.6 Å². The van der Waals surface area contributed by atoms with E-state index < -0.39 is 5.60 Å². The van der Waals surface area contributed by atoms with Crippen LogP contribution in [0.1, 0.15) is 32.3 Å². The van der Waals surface area contributed by atoms with Crippen molar-refractivity contribution in [3.05, 3.63) is 30.0 Å². The molecule has 1 saturated heterocycles. The monoisotopic (exact) mass is 396 g/mol. The molecule has 2 heterocycles. The first kappa shape index (κ1) is 19.9. The fourth-order valence-corrected chi connectivity index (χ4v) is 3.12. The van der Waals surface area contributed by atoms with Crippen LogP contribution in [0.2, 0.25) is 0 Å². The summed E-state index contributed by atoms with van der Waals surface area (Å²) in [4.78, 5) is 2.03. The lowest BCUT2D eigenvalue weighted by Crippen LogP contribution is -2.39. The maximum Gasteiger partial charge on any atom is 0.177 e. The van der Waals surface area contributed by atoms with Gasteiger partial charge in [0.2, 0.25) is 0 Å². The molecule has 1 aromatic heterocycles. The molecule has 0 atom stereocenters. The van der Waals surface area contributed by atoms with Gasteiger partial charge >= 0.3 is 0 Å². The van der Waals surface area contributed by atoms with Crippen LogP contribution >= 0.6 is 0 Å². The van der Waals surface area contributed by atoms with Gasteiger partial charge in [-0.05, 0) is 31.0 Å². The Morgan fingerprint density at radius 2 is 1.97 bits per heavy atom. The summed E-state index contributed by atoms with van der Waals surface area (Å²) in [5, 5.41) is 18.5. The van der Waals surface area contributed by atoms with Crippen LogP contribution in [0.4, 0.5) is 5.69 Å². The molecule has 4 rings (SSSR count). The normalized spacial score (nSPS) is 20.0. The zero-order valence-corrected chi connectivity index (χ0v) is 17.5. The second-order valence-corrected chi connectivity index (χ2v) is 8.95. The summed E-state index contributed by atoms with van der Waals surface area (Å²) in [5.74, 6) is 6.04. The van der Waals surface area contributed by atoms with E-state index in [1.165, 1.54) is 0 Å². The van der Waals surface area contributed by atoms with Crippen molar-refractivity contribution in [2.24, 2.45) is 5.41 Å². The van der Waals surface area contributed by atoms with E-state index in [-0.39, 0.29) is 11.7 Å². The van der Waals surface area contributed by atoms with Crippen LogP contribution in [0.15, 0.2) is 24.4 Å². The molecule has 7 heteroatoms. The van der Waals surface area contributed by atoms with E-state index >= 15 is 0 Å². The standard InChI is InChI=1S/C22H28N4O3/c1-21(2)14-28-20(29-15-21)13-26-12-18(23-24-26)17-6-5-16(11-19(17)25(3)4)7-8-22(27)9-10-22/h5-6,11-12,20,27H,9-10,13-15H2,1-4H3. The lowest BCUT2D eigenvalue weighted by molar-refractivity contribution is -0.227. The van der Waals surface area contributed by atoms with Crippen molar-refractivity contribution in [3.63, 3.8) is 0 Å². The molecule has 1 N–H and O–H groups in total. The van der Waals surface area contributed by atoms with Gasteiger partial charge in [-0.15, -0.1) is 5.10 Å². The highest BCUT2D eigenvalue weighted by Crippen LogP contribution is 2.34. The summed E-state index contributed by atoms with van der Waals surface area (Å²) in [6.45, 7) is 6.09. The Hall–Kier alpha value is -2.40. The van der Waals surface area contributed by atoms with Crippen molar-refractivity contribution in [3.8, 4) is 23.1 Å². The second kappa shape index (κ2) is 7.45. The number of ether oxygens (including phenoxy) is 2. The minimum absolute atomic E-state index is 0.0461. The van der Waals surface area contributed by atoms with Gasteiger partial charge in [0.1, 0.15) is 11.3 Å². The van der Waals surface area contributed by atoms with Gasteiger partial charge in [-0.2, -0.15) is 0 Å². The van der Waals surface area contributed by atoms with E-state index in [9.17, 15) is 5.11 Å². The third kappa shape index (κ3) is 4.78. The maximum absolute atomic E-state index is 9.94. The zero-order chi connectivity index (χ0) is 20.6. The van der Waals surface area contributed by atoms with Crippen LogP contribution in [0.3, 0.4) is 0 Å². The molecule has 2 fully saturated rings. The van der Waals surface area contributed by atoms with Crippen LogP contribution < -0.4 is 4.90 Å². The highest BCUT2D eigenvalue weighted by atomic mass is 16.7. The van der Waals surface area contributed by atoms with E-state index in [1.807, 2.05) is 43.4 Å². The largest absolute Gasteiger partial charge is 0.378 e. The summed E-state index contributed by atoms with van der Waals surface area (Å²) >= 11 is 0. The lowest BCUT2D eigenvalue weighted by atomic mass is 9.96. The second-order valence-electron chi connectivity index (χ2n) is 8.95. The third-order valence-electron chi connectivity index (χ3n) is 5.11. The first-order valence-corrected chi connectivity index (χ1v) is 9.94. The van der Waals surface area contributed by atoms with E-state index in [4.69, 9.17) is 9.47 Å². The molecule has 2 aromatic rings. The van der Waals surface area contributed by atoms with Gasteiger partial charge in [0, 0.05) is 36.3 Å². The summed E-state index contributed by atoms with van der Waals surface area (Å²) in [5.41, 5.74) is 2.90. The van der Waals surface area contributed by atoms with Gasteiger partial charge in [0.15, 0.2) is 6.29 Å². The number of aromatic nitrogens is 3. The molecule has 0 spiro atoms. The fourth-order valence-electron chi connectivity index (χ4n) is 3.12. The first-order valence-electron chi connectivity index (χ1n) is 9.94. The van der Waals surface area contributed by atoms with Gasteiger partial charge in [0.05, 0.1) is 26.0 Å². The Bertz CT molecular complexity index is 940. The van der Waals surface area contributed by atoms with Gasteiger partial charge in [-0.3, -0.25) is 0 Å². The van der Waals surface area contributed by atoms with Crippen LogP contribution in [0.5, 0.6) is 0 Å². The molecule has 1 aliphatic heterocycles. The van der Waals surface area contributed by atoms with Gasteiger partial charge in [-0.25, -0.2) is 4.68 Å². The molecule has 0 unspecified atom stereocenters. The number of benzene rings is 1. The molecule has 2 aliphatic rings. The molecule has 0 radical (unpaired) electrons. The van der Waals surface area contributed by atoms with Crippen molar-refractivity contribution >= 4 is 5.69 Å². The molecule has 154 valence electrons. The van der Waals surface area contributed by atoms with Crippen molar-refractivity contribution in [1.29, 1.82) is 0 Å². The quantitative estimate of drug-likeness (QED) is 0.800. The van der Waals surface area contributed by atoms with Crippen molar-refractivity contribution in [2.75, 3.05) is 32.2 Å². The Kier molecular flexibility index (Phi) is 5.11. The minimum atomic E-state index is -0.780. The lowest BCUT2D eigenvalue weighted by Gasteiger charge is -2.34. The number of hydrogen-bond donors (Lipinski definition) is 1. The van der Waals surface area contributed by atoms with Crippen molar-refractivity contribution in [2.45, 2.75) is 45.1 Å². The van der Waals surface area contributed by atoms with Gasteiger partial charge in [-0.1, -0.05) is 30.9 Å². The molecule has 7 nitrogen and oxygen atoms in total. The van der Waals surface area contributed by atoms with Crippen molar-refractivity contribution < 1.29 is 14.6 Å². The highest BCUT2D eigenvalue weighted by Gasteiger charge is 2.38. The molecule has 1 aliphatic carbocycles. The third-order valence-corrected chi connectivity index (χ3v) is 5.11. The number of aliphatic hydroxyl groups is 1. The Morgan fingerprint density at radius 1 is 1.24 bits per heavy atom. The average molecular weight is 396 g/mol. The summed E-state index contributed by atoms with van der Waals surface area (Å²) in [6, 6.07) is 5.97. The highest BCUT2D eigenvalue weighted by molar-refractivity contribution is 5.77. The van der Waals surface area contributed by atoms with Gasteiger partial charge in [0.25, 0.3) is 0 Å². The van der Waals surface area contributed by atoms with Crippen LogP contribution in [-0.4, -0.2) is 59.3 Å². The molecule has 1 saturated carbocycles. The van der Waals surface area contributed by atoms with Gasteiger partial charge < -0.3 is 19.5 Å².